The standard InChI is InChI=1S/C14H19NO4S/c1-10(14(16)15-5-6-17-2)20-11-3-4-12-13(9-11)19-8-7-18-12/h3-4,9-10H,5-8H2,1-2H3,(H,15,16)/t10-/m1/s1. The van der Waals surface area contributed by atoms with Gasteiger partial charge in [0.15, 0.2) is 11.5 Å². The summed E-state index contributed by atoms with van der Waals surface area (Å²) in [5.41, 5.74) is 0. The van der Waals surface area contributed by atoms with Gasteiger partial charge in [-0.15, -0.1) is 11.8 Å². The molecule has 20 heavy (non-hydrogen) atoms. The topological polar surface area (TPSA) is 56.8 Å². The molecule has 1 aliphatic heterocycles. The molecule has 0 fully saturated rings. The van der Waals surface area contributed by atoms with Crippen LogP contribution >= 0.6 is 11.8 Å². The summed E-state index contributed by atoms with van der Waals surface area (Å²) >= 11 is 1.49. The summed E-state index contributed by atoms with van der Waals surface area (Å²) in [6.07, 6.45) is 0. The van der Waals surface area contributed by atoms with Crippen molar-refractivity contribution in [2.45, 2.75) is 17.1 Å². The molecule has 110 valence electrons. The molecule has 0 bridgehead atoms. The van der Waals surface area contributed by atoms with E-state index in [1.54, 1.807) is 7.11 Å². The Labute approximate surface area is 123 Å². The number of methoxy groups -OCH3 is 1. The SMILES string of the molecule is COCCNC(=O)[C@@H](C)Sc1ccc2c(c1)OCCO2. The minimum absolute atomic E-state index is 0.00180. The fourth-order valence-electron chi connectivity index (χ4n) is 1.77. The predicted octanol–water partition coefficient (Wildman–Crippen LogP) is 1.70. The van der Waals surface area contributed by atoms with Gasteiger partial charge in [0.05, 0.1) is 11.9 Å². The number of thioether (sulfide) groups is 1. The molecule has 0 aliphatic carbocycles. The van der Waals surface area contributed by atoms with E-state index in [9.17, 15) is 4.79 Å². The average molecular weight is 297 g/mol. The summed E-state index contributed by atoms with van der Waals surface area (Å²) in [6.45, 7) is 4.07. The Morgan fingerprint density at radius 1 is 1.40 bits per heavy atom. The third kappa shape index (κ3) is 4.05. The summed E-state index contributed by atoms with van der Waals surface area (Å²) in [5, 5.41) is 2.65. The summed E-state index contributed by atoms with van der Waals surface area (Å²) < 4.78 is 15.9. The molecule has 0 saturated carbocycles. The van der Waals surface area contributed by atoms with Crippen LogP contribution in [0.2, 0.25) is 0 Å². The molecule has 1 aromatic carbocycles. The molecule has 1 atom stereocenters. The predicted molar refractivity (Wildman–Crippen MR) is 77.6 cm³/mol. The molecule has 0 radical (unpaired) electrons. The van der Waals surface area contributed by atoms with Crippen LogP contribution in [0.25, 0.3) is 0 Å². The van der Waals surface area contributed by atoms with Crippen molar-refractivity contribution in [1.82, 2.24) is 5.32 Å². The molecular formula is C14H19NO4S. The van der Waals surface area contributed by atoms with Crippen molar-refractivity contribution < 1.29 is 19.0 Å². The molecule has 0 saturated heterocycles. The van der Waals surface area contributed by atoms with Gasteiger partial charge in [-0.1, -0.05) is 0 Å². The number of carbonyl (C=O) groups excluding carboxylic acids is 1. The normalized spacial score (nSPS) is 14.7. The quantitative estimate of drug-likeness (QED) is 0.640. The van der Waals surface area contributed by atoms with E-state index in [-0.39, 0.29) is 11.2 Å². The highest BCUT2D eigenvalue weighted by atomic mass is 32.2. The van der Waals surface area contributed by atoms with Gasteiger partial charge >= 0.3 is 0 Å². The Bertz CT molecular complexity index is 466. The Balaban J connectivity index is 1.90. The summed E-state index contributed by atoms with van der Waals surface area (Å²) in [6, 6.07) is 5.74. The smallest absolute Gasteiger partial charge is 0.233 e. The van der Waals surface area contributed by atoms with Crippen LogP contribution in [0.15, 0.2) is 23.1 Å². The molecule has 0 unspecified atom stereocenters. The van der Waals surface area contributed by atoms with E-state index in [0.29, 0.717) is 26.4 Å². The second-order valence-electron chi connectivity index (χ2n) is 4.35. The van der Waals surface area contributed by atoms with Crippen molar-refractivity contribution in [3.63, 3.8) is 0 Å². The molecule has 1 aromatic rings. The summed E-state index contributed by atoms with van der Waals surface area (Å²) in [4.78, 5) is 12.9. The van der Waals surface area contributed by atoms with Crippen LogP contribution in [-0.2, 0) is 9.53 Å². The molecule has 5 nitrogen and oxygen atoms in total. The lowest BCUT2D eigenvalue weighted by Gasteiger charge is -2.19. The maximum atomic E-state index is 11.9. The number of fused-ring (bicyclic) bond motifs is 1. The Morgan fingerprint density at radius 3 is 2.90 bits per heavy atom. The monoisotopic (exact) mass is 297 g/mol. The van der Waals surface area contributed by atoms with Crippen LogP contribution < -0.4 is 14.8 Å². The van der Waals surface area contributed by atoms with Crippen LogP contribution in [0.4, 0.5) is 0 Å². The zero-order valence-corrected chi connectivity index (χ0v) is 12.5. The number of hydrogen-bond acceptors (Lipinski definition) is 5. The number of amides is 1. The number of ether oxygens (including phenoxy) is 3. The number of carbonyl (C=O) groups is 1. The second kappa shape index (κ2) is 7.40. The van der Waals surface area contributed by atoms with Crippen LogP contribution in [0, 0.1) is 0 Å². The van der Waals surface area contributed by atoms with Gasteiger partial charge in [-0.25, -0.2) is 0 Å². The molecule has 1 N–H and O–H groups in total. The van der Waals surface area contributed by atoms with Gasteiger partial charge in [-0.05, 0) is 25.1 Å². The lowest BCUT2D eigenvalue weighted by atomic mass is 10.3. The van der Waals surface area contributed by atoms with Crippen molar-refractivity contribution in [1.29, 1.82) is 0 Å². The molecule has 1 aliphatic rings. The van der Waals surface area contributed by atoms with Crippen LogP contribution in [0.3, 0.4) is 0 Å². The number of hydrogen-bond donors (Lipinski definition) is 1. The molecule has 0 aromatic heterocycles. The van der Waals surface area contributed by atoms with Crippen molar-refractivity contribution >= 4 is 17.7 Å². The first-order chi connectivity index (χ1) is 9.70. The third-order valence-electron chi connectivity index (χ3n) is 2.80. The highest BCUT2D eigenvalue weighted by molar-refractivity contribution is 8.00. The van der Waals surface area contributed by atoms with Crippen molar-refractivity contribution in [2.24, 2.45) is 0 Å². The first kappa shape index (κ1) is 15.0. The molecule has 1 heterocycles. The van der Waals surface area contributed by atoms with E-state index in [1.165, 1.54) is 11.8 Å². The van der Waals surface area contributed by atoms with E-state index >= 15 is 0 Å². The molecule has 0 spiro atoms. The van der Waals surface area contributed by atoms with Gasteiger partial charge in [0.2, 0.25) is 5.91 Å². The van der Waals surface area contributed by atoms with E-state index in [2.05, 4.69) is 5.32 Å². The third-order valence-corrected chi connectivity index (χ3v) is 3.89. The zero-order chi connectivity index (χ0) is 14.4. The summed E-state index contributed by atoms with van der Waals surface area (Å²) in [5.74, 6) is 1.51. The molecule has 6 heteroatoms. The molecule has 2 rings (SSSR count). The van der Waals surface area contributed by atoms with Gasteiger partial charge in [-0.2, -0.15) is 0 Å². The maximum absolute atomic E-state index is 11.9. The number of rotatable bonds is 6. The molecule has 1 amide bonds. The van der Waals surface area contributed by atoms with Gasteiger partial charge in [0.1, 0.15) is 13.2 Å². The van der Waals surface area contributed by atoms with Gasteiger partial charge in [0, 0.05) is 18.6 Å². The average Bonchev–Trinajstić information content (AvgIpc) is 2.47. The van der Waals surface area contributed by atoms with Gasteiger partial charge in [-0.3, -0.25) is 4.79 Å². The minimum Gasteiger partial charge on any atom is -0.486 e. The maximum Gasteiger partial charge on any atom is 0.233 e. The van der Waals surface area contributed by atoms with Crippen LogP contribution in [0.1, 0.15) is 6.92 Å². The Kier molecular flexibility index (Phi) is 5.55. The van der Waals surface area contributed by atoms with Crippen molar-refractivity contribution in [2.75, 3.05) is 33.5 Å². The van der Waals surface area contributed by atoms with E-state index in [4.69, 9.17) is 14.2 Å². The fraction of sp³-hybridized carbons (Fsp3) is 0.500. The molecular weight excluding hydrogens is 278 g/mol. The zero-order valence-electron chi connectivity index (χ0n) is 11.7. The van der Waals surface area contributed by atoms with Crippen molar-refractivity contribution in [3.8, 4) is 11.5 Å². The minimum atomic E-state index is -0.172. The van der Waals surface area contributed by atoms with Gasteiger partial charge < -0.3 is 19.5 Å². The Hall–Kier alpha value is -1.40. The van der Waals surface area contributed by atoms with Gasteiger partial charge in [0.25, 0.3) is 0 Å². The highest BCUT2D eigenvalue weighted by Crippen LogP contribution is 2.35. The van der Waals surface area contributed by atoms with Crippen LogP contribution in [-0.4, -0.2) is 44.6 Å². The highest BCUT2D eigenvalue weighted by Gasteiger charge is 2.16. The largest absolute Gasteiger partial charge is 0.486 e. The first-order valence-electron chi connectivity index (χ1n) is 6.53. The van der Waals surface area contributed by atoms with E-state index in [0.717, 1.165) is 16.4 Å². The number of nitrogens with one attached hydrogen (secondary N) is 1. The second-order valence-corrected chi connectivity index (χ2v) is 5.76. The Morgan fingerprint density at radius 2 is 2.15 bits per heavy atom. The number of benzene rings is 1. The summed E-state index contributed by atoms with van der Waals surface area (Å²) in [7, 11) is 1.61. The van der Waals surface area contributed by atoms with Crippen LogP contribution in [0.5, 0.6) is 11.5 Å². The van der Waals surface area contributed by atoms with E-state index in [1.807, 2.05) is 25.1 Å². The lowest BCUT2D eigenvalue weighted by molar-refractivity contribution is -0.120. The fourth-order valence-corrected chi connectivity index (χ4v) is 2.69. The van der Waals surface area contributed by atoms with Crippen molar-refractivity contribution in [3.05, 3.63) is 18.2 Å². The lowest BCUT2D eigenvalue weighted by Crippen LogP contribution is -2.33. The first-order valence-corrected chi connectivity index (χ1v) is 7.41. The van der Waals surface area contributed by atoms with E-state index < -0.39 is 0 Å².